The van der Waals surface area contributed by atoms with Gasteiger partial charge >= 0.3 is 0 Å². The number of halogens is 2. The Hall–Kier alpha value is -11.0. The number of fused-ring (bicyclic) bond motifs is 4. The molecule has 4 aromatic heterocycles. The lowest BCUT2D eigenvalue weighted by Gasteiger charge is -2.46. The summed E-state index contributed by atoms with van der Waals surface area (Å²) in [5.74, 6) is 0.108. The van der Waals surface area contributed by atoms with Crippen LogP contribution in [0, 0.1) is 54.2 Å². The summed E-state index contributed by atoms with van der Waals surface area (Å²) in [5.41, 5.74) is 11.9. The monoisotopic (exact) mass is 1830 g/mol. The van der Waals surface area contributed by atoms with E-state index in [4.69, 9.17) is 42.1 Å². The summed E-state index contributed by atoms with van der Waals surface area (Å²) in [7, 11) is -9.23. The molecule has 6 aromatic carbocycles. The molecule has 129 heavy (non-hydrogen) atoms. The lowest BCUT2D eigenvalue weighted by molar-refractivity contribution is -0.386. The number of likely N-dealkylation sites (tertiary alicyclic amines) is 2. The van der Waals surface area contributed by atoms with Crippen LogP contribution in [0.5, 0.6) is 34.5 Å². The highest BCUT2D eigenvalue weighted by molar-refractivity contribution is 7.90. The number of ether oxygens (including phenoxy) is 4. The molecule has 0 saturated carbocycles. The van der Waals surface area contributed by atoms with Crippen molar-refractivity contribution in [3.63, 3.8) is 0 Å². The maximum atomic E-state index is 14.1. The van der Waals surface area contributed by atoms with Crippen molar-refractivity contribution in [2.75, 3.05) is 128 Å². The smallest absolute Gasteiger partial charge is 0.277 e. The molecule has 32 heteroatoms. The van der Waals surface area contributed by atoms with E-state index in [-0.39, 0.29) is 68.2 Å². The summed E-state index contributed by atoms with van der Waals surface area (Å²) in [6.07, 6.45) is 15.4. The Bertz CT molecular complexity index is 6250. The van der Waals surface area contributed by atoms with Gasteiger partial charge in [-0.25, -0.2) is 36.2 Å². The van der Waals surface area contributed by atoms with Crippen LogP contribution in [-0.4, -0.2) is 196 Å². The number of pyridine rings is 2. The average Bonchev–Trinajstić information content (AvgIpc) is 1.16. The van der Waals surface area contributed by atoms with Gasteiger partial charge in [-0.15, -0.1) is 0 Å². The van der Waals surface area contributed by atoms with E-state index in [1.165, 1.54) is 57.9 Å². The van der Waals surface area contributed by atoms with Crippen LogP contribution in [0.2, 0.25) is 10.0 Å². The minimum absolute atomic E-state index is 0.0369. The van der Waals surface area contributed by atoms with Gasteiger partial charge in [0, 0.05) is 173 Å². The molecule has 6 aliphatic heterocycles. The number of nitro benzene ring substituents is 2. The van der Waals surface area contributed by atoms with Crippen LogP contribution in [0.1, 0.15) is 143 Å². The molecule has 0 spiro atoms. The van der Waals surface area contributed by atoms with E-state index in [0.29, 0.717) is 71.3 Å². The number of anilines is 2. The number of nitro groups is 2. The van der Waals surface area contributed by atoms with E-state index in [1.807, 2.05) is 36.4 Å². The fraction of sp³-hybridized carbons (Fsp3) is 0.423. The van der Waals surface area contributed by atoms with E-state index in [1.54, 1.807) is 60.9 Å². The minimum atomic E-state index is -4.62. The highest BCUT2D eigenvalue weighted by atomic mass is 35.5. The predicted octanol–water partition coefficient (Wildman–Crippen LogP) is 17.8. The number of hydrogen-bond donors (Lipinski definition) is 4. The fourth-order valence-corrected chi connectivity index (χ4v) is 21.7. The zero-order chi connectivity index (χ0) is 90.4. The zero-order valence-corrected chi connectivity index (χ0v) is 76.9. The number of sulfonamides is 2. The zero-order valence-electron chi connectivity index (χ0n) is 73.8. The van der Waals surface area contributed by atoms with Crippen LogP contribution in [0.25, 0.3) is 33.2 Å². The SMILES string of the molecule is CC1(C)CCC(CN2CCN(c3ccc(C(=O)NS(=O)(=O)c4cc5c(c([N+](=O)[O-])c4)C[C@@H](CCN4CC(C)(C)C4)CO5)c(Oc4cnc5[nH]ccc5c4)c3)CC2)=C(c2ccc(Cl)cc2)C1.CC1CN(CC[C@H]2COc3cc(S(=O)(=O)NC(=O)c4ccc(N5CCN(CC6=C(c7ccc(Cl)cc7)CC(C)(C)CC6)CC5)cc4Oc4cnc5[nH]ccc5c4)cc([N+](=O)[O-])c3C2)C1. The largest absolute Gasteiger partial charge is 0.493 e. The van der Waals surface area contributed by atoms with Crippen LogP contribution in [-0.2, 0) is 32.9 Å². The Kier molecular flexibility index (Phi) is 25.9. The number of aromatic amines is 2. The van der Waals surface area contributed by atoms with Gasteiger partial charge in [0.25, 0.3) is 43.2 Å². The minimum Gasteiger partial charge on any atom is -0.493 e. The molecule has 10 heterocycles. The third-order valence-corrected chi connectivity index (χ3v) is 29.7. The Labute approximate surface area is 762 Å². The summed E-state index contributed by atoms with van der Waals surface area (Å²) in [6, 6.07) is 38.4. The molecule has 4 N–H and O–H groups in total. The molecule has 4 saturated heterocycles. The molecule has 8 aliphatic rings. The quantitative estimate of drug-likeness (QED) is 0.0289. The number of rotatable bonds is 26. The summed E-state index contributed by atoms with van der Waals surface area (Å²) in [6.45, 7) is 30.4. The Morgan fingerprint density at radius 1 is 0.527 bits per heavy atom. The van der Waals surface area contributed by atoms with Gasteiger partial charge in [-0.05, 0) is 206 Å². The van der Waals surface area contributed by atoms with Gasteiger partial charge in [0.05, 0.1) is 67.5 Å². The number of hydrogen-bond acceptors (Lipinski definition) is 22. The van der Waals surface area contributed by atoms with E-state index in [2.05, 4.69) is 132 Å². The normalized spacial score (nSPS) is 19.7. The Morgan fingerprint density at radius 2 is 0.938 bits per heavy atom. The number of piperazine rings is 2. The third kappa shape index (κ3) is 21.1. The summed E-state index contributed by atoms with van der Waals surface area (Å²) < 4.78 is 84.7. The number of amides is 2. The van der Waals surface area contributed by atoms with Gasteiger partial charge in [-0.3, -0.25) is 39.6 Å². The Morgan fingerprint density at radius 3 is 1.33 bits per heavy atom. The number of benzene rings is 6. The number of carbonyl (C=O) groups is 2. The first kappa shape index (κ1) is 90.0. The van der Waals surface area contributed by atoms with Crippen LogP contribution < -0.4 is 38.2 Å². The van der Waals surface area contributed by atoms with Crippen molar-refractivity contribution in [3.05, 3.63) is 233 Å². The van der Waals surface area contributed by atoms with E-state index < -0.39 is 51.5 Å². The van der Waals surface area contributed by atoms with Gasteiger partial charge in [-0.2, -0.15) is 0 Å². The number of nitrogens with one attached hydrogen (secondary N) is 4. The first-order valence-corrected chi connectivity index (χ1v) is 48.2. The first-order chi connectivity index (χ1) is 61.6. The lowest BCUT2D eigenvalue weighted by atomic mass is 9.72. The van der Waals surface area contributed by atoms with Gasteiger partial charge < -0.3 is 48.5 Å². The van der Waals surface area contributed by atoms with Crippen molar-refractivity contribution in [1.29, 1.82) is 0 Å². The molecule has 0 radical (unpaired) electrons. The molecule has 0 bridgehead atoms. The van der Waals surface area contributed by atoms with Crippen molar-refractivity contribution in [2.24, 2.45) is 34.0 Å². The maximum Gasteiger partial charge on any atom is 0.277 e. The number of aromatic nitrogens is 4. The molecule has 0 unspecified atom stereocenters. The molecular formula is C97H110Cl2N14O14S2. The molecule has 2 amide bonds. The van der Waals surface area contributed by atoms with Crippen molar-refractivity contribution < 1.29 is 55.2 Å². The van der Waals surface area contributed by atoms with E-state index >= 15 is 0 Å². The second-order valence-corrected chi connectivity index (χ2v) is 42.7. The standard InChI is InChI=1S/C49H56ClN7O7S.C48H54ClN7O7S/c1-48(2)14-11-35(42(26-48)33-5-7-36(50)8-6-33)28-54-17-19-56(20-18-54)37-9-10-40(45(23-37)64-38-22-34-12-15-51-46(34)52-27-38)47(58)53-65(61,62)39-24-43(57(59)60)41-21-32(29-63-44(41)25-39)13-16-55-30-49(3,4)31-55;1-31-27-54(28-31)15-12-32-20-41-43(56(58)59)23-39(24-44(41)62-30-32)64(60,61)52-47(57)40-9-8-37(22-45(40)63-38-21-34-11-14-50-46(34)51-26-38)55-18-16-53(17-19-55)29-35-10-13-48(2,3)25-42(35)33-4-6-36(49)7-5-33/h5-10,12,15,22-25,27,32H,11,13-14,16-21,26,28-31H2,1-4H3,(H,51,52)(H,53,58);4-9,11,14,21-24,26,31-32H,10,12-13,15-20,25,27-30H2,1-3H3,(H,50,51)(H,52,57)/t2*32-/m11/s1. The molecule has 2 atom stereocenters. The number of carbonyl (C=O) groups excluding carboxylic acids is 2. The Balaban J connectivity index is 0.000000181. The second kappa shape index (κ2) is 37.1. The number of nitrogens with zero attached hydrogens (tertiary/aromatic N) is 10. The van der Waals surface area contributed by atoms with Crippen molar-refractivity contribution >= 4 is 111 Å². The van der Waals surface area contributed by atoms with E-state index in [0.717, 1.165) is 200 Å². The molecule has 2 aliphatic carbocycles. The van der Waals surface area contributed by atoms with Gasteiger partial charge in [0.2, 0.25) is 0 Å². The van der Waals surface area contributed by atoms with Crippen LogP contribution >= 0.6 is 23.2 Å². The van der Waals surface area contributed by atoms with E-state index in [9.17, 15) is 46.7 Å². The summed E-state index contributed by atoms with van der Waals surface area (Å²) >= 11 is 12.5. The lowest BCUT2D eigenvalue weighted by Crippen LogP contribution is -2.53. The third-order valence-electron chi connectivity index (χ3n) is 26.6. The molecule has 10 aromatic rings. The molecule has 18 rings (SSSR count). The second-order valence-electron chi connectivity index (χ2n) is 38.4. The molecule has 4 fully saturated rings. The van der Waals surface area contributed by atoms with Crippen molar-refractivity contribution in [1.82, 2.24) is 49.0 Å². The van der Waals surface area contributed by atoms with Gasteiger partial charge in [0.15, 0.2) is 0 Å². The summed E-state index contributed by atoms with van der Waals surface area (Å²) in [5, 5.41) is 27.7. The van der Waals surface area contributed by atoms with Gasteiger partial charge in [-0.1, -0.05) is 107 Å². The van der Waals surface area contributed by atoms with Gasteiger partial charge in [0.1, 0.15) is 45.8 Å². The predicted molar refractivity (Wildman–Crippen MR) is 500 cm³/mol. The van der Waals surface area contributed by atoms with Crippen molar-refractivity contribution in [3.8, 4) is 34.5 Å². The molecule has 28 nitrogen and oxygen atoms in total. The first-order valence-electron chi connectivity index (χ1n) is 44.5. The highest BCUT2D eigenvalue weighted by Crippen LogP contribution is 2.48. The molecular weight excluding hydrogens is 1720 g/mol. The van der Waals surface area contributed by atoms with Crippen LogP contribution in [0.15, 0.2) is 179 Å². The fourth-order valence-electron chi connectivity index (χ4n) is 19.5. The number of allylic oxidation sites excluding steroid dienone is 2. The highest BCUT2D eigenvalue weighted by Gasteiger charge is 2.40. The summed E-state index contributed by atoms with van der Waals surface area (Å²) in [4.78, 5) is 79.9. The topological polar surface area (TPSA) is 326 Å². The van der Waals surface area contributed by atoms with Crippen LogP contribution in [0.3, 0.4) is 0 Å². The maximum absolute atomic E-state index is 14.1. The average molecular weight is 1830 g/mol. The molecule has 678 valence electrons. The van der Waals surface area contributed by atoms with Crippen LogP contribution in [0.4, 0.5) is 22.7 Å². The van der Waals surface area contributed by atoms with Crippen molar-refractivity contribution in [2.45, 2.75) is 122 Å². The number of H-pyrrole nitrogens is 2.